The van der Waals surface area contributed by atoms with E-state index in [0.29, 0.717) is 17.6 Å². The van der Waals surface area contributed by atoms with Crippen LogP contribution in [-0.4, -0.2) is 32.3 Å². The van der Waals surface area contributed by atoms with Gasteiger partial charge in [-0.1, -0.05) is 6.07 Å². The average Bonchev–Trinajstić information content (AvgIpc) is 3.35. The van der Waals surface area contributed by atoms with Crippen molar-refractivity contribution in [3.05, 3.63) is 101 Å². The molecule has 0 aliphatic heterocycles. The molecule has 0 radical (unpaired) electrons. The highest BCUT2D eigenvalue weighted by atomic mass is 19.1. The molecule has 6 nitrogen and oxygen atoms in total. The predicted octanol–water partition coefficient (Wildman–Crippen LogP) is 4.28. The van der Waals surface area contributed by atoms with Crippen molar-refractivity contribution in [2.75, 3.05) is 5.32 Å². The van der Waals surface area contributed by atoms with Gasteiger partial charge in [0, 0.05) is 24.1 Å². The largest absolute Gasteiger partial charge is 0.392 e. The maximum atomic E-state index is 14.4. The summed E-state index contributed by atoms with van der Waals surface area (Å²) in [6, 6.07) is 10.4. The number of benzene rings is 2. The summed E-state index contributed by atoms with van der Waals surface area (Å²) in [5, 5.41) is 12.8. The number of amides is 1. The van der Waals surface area contributed by atoms with Crippen molar-refractivity contribution in [2.24, 2.45) is 0 Å². The Morgan fingerprint density at radius 2 is 1.85 bits per heavy atom. The van der Waals surface area contributed by atoms with Gasteiger partial charge in [0.1, 0.15) is 28.8 Å². The molecular weight excluding hydrogens is 447 g/mol. The number of hydrogen-bond acceptors (Lipinski definition) is 4. The Morgan fingerprint density at radius 3 is 2.68 bits per heavy atom. The van der Waals surface area contributed by atoms with Crippen LogP contribution in [0, 0.1) is 17.5 Å². The molecule has 4 aromatic rings. The van der Waals surface area contributed by atoms with E-state index in [-0.39, 0.29) is 23.4 Å². The number of Topliss-reactive ketones (excluding diaryl/α,β-unsaturated/α-hetero) is 1. The number of aliphatic hydroxyl groups is 1. The number of carbonyl (C=O) groups excluding carboxylic acids is 2. The van der Waals surface area contributed by atoms with Gasteiger partial charge in [-0.15, -0.1) is 0 Å². The molecule has 0 unspecified atom stereocenters. The zero-order valence-electron chi connectivity index (χ0n) is 17.6. The van der Waals surface area contributed by atoms with Crippen LogP contribution in [0.3, 0.4) is 0 Å². The minimum atomic E-state index is -0.837. The number of ketones is 1. The number of imidazole rings is 1. The number of rotatable bonds is 5. The molecule has 0 bridgehead atoms. The summed E-state index contributed by atoms with van der Waals surface area (Å²) in [7, 11) is 0. The molecule has 1 aliphatic carbocycles. The number of aliphatic hydroxyl groups excluding tert-OH is 1. The Bertz CT molecular complexity index is 1450. The summed E-state index contributed by atoms with van der Waals surface area (Å²) in [4.78, 5) is 29.7. The Morgan fingerprint density at radius 1 is 1.06 bits per heavy atom. The monoisotopic (exact) mass is 465 g/mol. The van der Waals surface area contributed by atoms with Gasteiger partial charge in [-0.2, -0.15) is 0 Å². The third kappa shape index (κ3) is 3.94. The highest BCUT2D eigenvalue weighted by Gasteiger charge is 2.33. The van der Waals surface area contributed by atoms with Crippen molar-refractivity contribution in [1.82, 2.24) is 9.38 Å². The van der Waals surface area contributed by atoms with E-state index in [1.807, 2.05) is 0 Å². The average molecular weight is 465 g/mol. The fraction of sp³-hybridized carbons (Fsp3) is 0.160. The highest BCUT2D eigenvalue weighted by Crippen LogP contribution is 2.37. The molecule has 2 aromatic heterocycles. The summed E-state index contributed by atoms with van der Waals surface area (Å²) in [5.41, 5.74) is 1.57. The van der Waals surface area contributed by atoms with Gasteiger partial charge in [-0.25, -0.2) is 18.2 Å². The SMILES string of the molecule is O=C(C[C@@H]1c2cc(F)ccc2C[C@@H]1O)c1ccc(F)c(NC(=O)c2cnc3ccc(F)cn23)c1. The van der Waals surface area contributed by atoms with Gasteiger partial charge in [0.05, 0.1) is 18.0 Å². The zero-order chi connectivity index (χ0) is 24.0. The molecule has 0 spiro atoms. The van der Waals surface area contributed by atoms with E-state index in [2.05, 4.69) is 10.3 Å². The van der Waals surface area contributed by atoms with E-state index >= 15 is 0 Å². The highest BCUT2D eigenvalue weighted by molar-refractivity contribution is 6.04. The molecule has 0 fully saturated rings. The number of halogens is 3. The van der Waals surface area contributed by atoms with Crippen LogP contribution in [0.25, 0.3) is 5.65 Å². The molecular formula is C25H18F3N3O3. The second-order valence-corrected chi connectivity index (χ2v) is 8.22. The standard InChI is InChI=1S/C25H18F3N3O3/c26-15-3-1-13-8-23(33)18(17(13)9-15)10-22(32)14-2-5-19(28)20(7-14)30-25(34)21-11-29-24-6-4-16(27)12-31(21)24/h1-7,9,11-12,18,23,33H,8,10H2,(H,30,34)/t18-,23+/m1/s1. The number of pyridine rings is 1. The maximum Gasteiger partial charge on any atom is 0.274 e. The van der Waals surface area contributed by atoms with Gasteiger partial charge in [-0.3, -0.25) is 14.0 Å². The molecule has 172 valence electrons. The van der Waals surface area contributed by atoms with Gasteiger partial charge in [0.15, 0.2) is 5.78 Å². The number of hydrogen-bond donors (Lipinski definition) is 2. The summed E-state index contributed by atoms with van der Waals surface area (Å²) >= 11 is 0. The molecule has 2 aromatic carbocycles. The Labute approximate surface area is 191 Å². The van der Waals surface area contributed by atoms with E-state index < -0.39 is 41.2 Å². The van der Waals surface area contributed by atoms with Crippen LogP contribution in [0.5, 0.6) is 0 Å². The van der Waals surface area contributed by atoms with Crippen LogP contribution in [0.4, 0.5) is 18.9 Å². The van der Waals surface area contributed by atoms with Gasteiger partial charge in [0.25, 0.3) is 5.91 Å². The quantitative estimate of drug-likeness (QED) is 0.431. The molecule has 5 rings (SSSR count). The summed E-state index contributed by atoms with van der Waals surface area (Å²) in [6.07, 6.45) is 1.69. The number of anilines is 1. The van der Waals surface area contributed by atoms with Crippen molar-refractivity contribution in [3.63, 3.8) is 0 Å². The predicted molar refractivity (Wildman–Crippen MR) is 117 cm³/mol. The molecule has 1 amide bonds. The summed E-state index contributed by atoms with van der Waals surface area (Å²) in [5.74, 6) is -3.52. The normalized spacial score (nSPS) is 17.1. The molecule has 2 N–H and O–H groups in total. The zero-order valence-corrected chi connectivity index (χ0v) is 17.6. The van der Waals surface area contributed by atoms with Gasteiger partial charge >= 0.3 is 0 Å². The van der Waals surface area contributed by atoms with Crippen molar-refractivity contribution < 1.29 is 27.9 Å². The minimum Gasteiger partial charge on any atom is -0.392 e. The lowest BCUT2D eigenvalue weighted by Crippen LogP contribution is -2.18. The third-order valence-electron chi connectivity index (χ3n) is 6.04. The van der Waals surface area contributed by atoms with Crippen molar-refractivity contribution in [3.8, 4) is 0 Å². The Balaban J connectivity index is 1.38. The van der Waals surface area contributed by atoms with Crippen LogP contribution in [-0.2, 0) is 6.42 Å². The van der Waals surface area contributed by atoms with Crippen molar-refractivity contribution >= 4 is 23.0 Å². The van der Waals surface area contributed by atoms with E-state index in [4.69, 9.17) is 0 Å². The van der Waals surface area contributed by atoms with Crippen molar-refractivity contribution in [2.45, 2.75) is 24.9 Å². The molecule has 1 aliphatic rings. The maximum absolute atomic E-state index is 14.4. The lowest BCUT2D eigenvalue weighted by atomic mass is 9.91. The number of nitrogens with zero attached hydrogens (tertiary/aromatic N) is 2. The lowest BCUT2D eigenvalue weighted by molar-refractivity contribution is 0.0920. The molecule has 2 heterocycles. The van der Waals surface area contributed by atoms with Crippen LogP contribution >= 0.6 is 0 Å². The molecule has 34 heavy (non-hydrogen) atoms. The van der Waals surface area contributed by atoms with E-state index in [9.17, 15) is 27.9 Å². The smallest absolute Gasteiger partial charge is 0.274 e. The first-order valence-electron chi connectivity index (χ1n) is 10.5. The first-order valence-corrected chi connectivity index (χ1v) is 10.5. The van der Waals surface area contributed by atoms with Crippen LogP contribution in [0.2, 0.25) is 0 Å². The fourth-order valence-electron chi connectivity index (χ4n) is 4.34. The second kappa shape index (κ2) is 8.42. The summed E-state index contributed by atoms with van der Waals surface area (Å²) < 4.78 is 42.9. The lowest BCUT2D eigenvalue weighted by Gasteiger charge is -2.16. The molecule has 9 heteroatoms. The Kier molecular flexibility index (Phi) is 5.41. The van der Waals surface area contributed by atoms with E-state index in [0.717, 1.165) is 17.8 Å². The molecule has 2 atom stereocenters. The first-order chi connectivity index (χ1) is 16.3. The van der Waals surface area contributed by atoms with Gasteiger partial charge in [0.2, 0.25) is 0 Å². The van der Waals surface area contributed by atoms with Gasteiger partial charge in [-0.05, 0) is 60.0 Å². The Hall–Kier alpha value is -3.98. The number of fused-ring (bicyclic) bond motifs is 2. The summed E-state index contributed by atoms with van der Waals surface area (Å²) in [6.45, 7) is 0. The number of aromatic nitrogens is 2. The van der Waals surface area contributed by atoms with E-state index in [1.165, 1.54) is 47.0 Å². The minimum absolute atomic E-state index is 0.0154. The van der Waals surface area contributed by atoms with Gasteiger partial charge < -0.3 is 10.4 Å². The van der Waals surface area contributed by atoms with Crippen LogP contribution in [0.15, 0.2) is 60.9 Å². The topological polar surface area (TPSA) is 83.7 Å². The van der Waals surface area contributed by atoms with E-state index in [1.54, 1.807) is 6.07 Å². The van der Waals surface area contributed by atoms with Crippen molar-refractivity contribution in [1.29, 1.82) is 0 Å². The second-order valence-electron chi connectivity index (χ2n) is 8.22. The fourth-order valence-corrected chi connectivity index (χ4v) is 4.34. The van der Waals surface area contributed by atoms with Crippen LogP contribution in [0.1, 0.15) is 44.3 Å². The third-order valence-corrected chi connectivity index (χ3v) is 6.04. The first kappa shape index (κ1) is 21.8. The van der Waals surface area contributed by atoms with Crippen LogP contribution < -0.4 is 5.32 Å². The number of carbonyl (C=O) groups is 2. The molecule has 0 saturated carbocycles. The molecule has 0 saturated heterocycles. The number of nitrogens with one attached hydrogen (secondary N) is 1.